The normalized spacial score (nSPS) is 13.0. The standard InChI is InChI=1S/C43H58O4P2/c1-40(2,3)32-21-23-38(34(26-32)42(7,8)9)44-28-48-46-36-19-15-13-17-30(36)25-31-18-14-16-20-37(31)47-49-29-45-39-24-22-33(41(4,5)6)27-35(39)43(10,11)12/h13-24,26-27,48-49H,25,28-29H2,1-12H3. The van der Waals surface area contributed by atoms with E-state index < -0.39 is 0 Å². The molecule has 0 aliphatic heterocycles. The van der Waals surface area contributed by atoms with Crippen molar-refractivity contribution in [3.8, 4) is 23.0 Å². The number of rotatable bonds is 12. The average Bonchev–Trinajstić information content (AvgIpc) is 3.01. The Morgan fingerprint density at radius 2 is 0.796 bits per heavy atom. The fourth-order valence-electron chi connectivity index (χ4n) is 5.55. The first-order valence-electron chi connectivity index (χ1n) is 17.3. The van der Waals surface area contributed by atoms with Crippen molar-refractivity contribution in [3.05, 3.63) is 118 Å². The predicted octanol–water partition coefficient (Wildman–Crippen LogP) is 12.5. The second kappa shape index (κ2) is 15.9. The Morgan fingerprint density at radius 3 is 1.14 bits per heavy atom. The molecule has 0 saturated carbocycles. The van der Waals surface area contributed by atoms with E-state index in [-0.39, 0.29) is 39.3 Å². The van der Waals surface area contributed by atoms with Gasteiger partial charge < -0.3 is 18.5 Å². The van der Waals surface area contributed by atoms with Gasteiger partial charge >= 0.3 is 0 Å². The lowest BCUT2D eigenvalue weighted by Gasteiger charge is -2.27. The van der Waals surface area contributed by atoms with Gasteiger partial charge in [0.1, 0.15) is 53.3 Å². The van der Waals surface area contributed by atoms with E-state index in [0.717, 1.165) is 34.1 Å². The SMILES string of the molecule is CC(C)(C)c1ccc(OCPOc2ccccc2Cc2ccccc2OPCOc2ccc(C(C)(C)C)cc2C(C)(C)C)c(C(C)(C)C)c1. The van der Waals surface area contributed by atoms with Crippen LogP contribution < -0.4 is 18.5 Å². The Balaban J connectivity index is 1.37. The molecule has 49 heavy (non-hydrogen) atoms. The zero-order valence-electron chi connectivity index (χ0n) is 31.8. The Hall–Kier alpha value is -3.06. The van der Waals surface area contributed by atoms with Gasteiger partial charge in [0.2, 0.25) is 0 Å². The highest BCUT2D eigenvalue weighted by Crippen LogP contribution is 2.39. The lowest BCUT2D eigenvalue weighted by atomic mass is 9.80. The monoisotopic (exact) mass is 700 g/mol. The van der Waals surface area contributed by atoms with Crippen LogP contribution in [-0.2, 0) is 28.1 Å². The zero-order chi connectivity index (χ0) is 36.0. The molecule has 0 N–H and O–H groups in total. The lowest BCUT2D eigenvalue weighted by molar-refractivity contribution is 0.366. The average molecular weight is 701 g/mol. The Bertz CT molecular complexity index is 1560. The minimum Gasteiger partial charge on any atom is -0.486 e. The van der Waals surface area contributed by atoms with Crippen LogP contribution in [0.5, 0.6) is 23.0 Å². The van der Waals surface area contributed by atoms with E-state index in [2.05, 4.69) is 144 Å². The van der Waals surface area contributed by atoms with Crippen LogP contribution in [-0.4, -0.2) is 12.7 Å². The second-order valence-electron chi connectivity index (χ2n) is 16.9. The van der Waals surface area contributed by atoms with Crippen molar-refractivity contribution >= 4 is 17.6 Å². The molecule has 0 aliphatic rings. The second-order valence-corrected chi connectivity index (χ2v) is 18.4. The van der Waals surface area contributed by atoms with Gasteiger partial charge in [-0.2, -0.15) is 0 Å². The van der Waals surface area contributed by atoms with Crippen LogP contribution in [0, 0.1) is 0 Å². The van der Waals surface area contributed by atoms with Crippen LogP contribution in [0.25, 0.3) is 0 Å². The first kappa shape index (κ1) is 38.7. The molecule has 0 amide bonds. The van der Waals surface area contributed by atoms with Crippen LogP contribution in [0.4, 0.5) is 0 Å². The number of ether oxygens (including phenoxy) is 2. The van der Waals surface area contributed by atoms with Gasteiger partial charge in [0, 0.05) is 6.42 Å². The summed E-state index contributed by atoms with van der Waals surface area (Å²) in [6.07, 6.45) is 1.68. The summed E-state index contributed by atoms with van der Waals surface area (Å²) in [5.41, 5.74) is 7.42. The molecule has 6 heteroatoms. The summed E-state index contributed by atoms with van der Waals surface area (Å²) in [6, 6.07) is 29.7. The number of hydrogen-bond acceptors (Lipinski definition) is 4. The van der Waals surface area contributed by atoms with Crippen LogP contribution in [0.3, 0.4) is 0 Å². The maximum atomic E-state index is 6.33. The summed E-state index contributed by atoms with van der Waals surface area (Å²) in [5.74, 6) is 3.60. The quantitative estimate of drug-likeness (QED) is 0.109. The van der Waals surface area contributed by atoms with E-state index >= 15 is 0 Å². The maximum absolute atomic E-state index is 6.33. The highest BCUT2D eigenvalue weighted by Gasteiger charge is 2.24. The van der Waals surface area contributed by atoms with Gasteiger partial charge in [0.05, 0.1) is 0 Å². The lowest BCUT2D eigenvalue weighted by Crippen LogP contribution is -2.17. The zero-order valence-corrected chi connectivity index (χ0v) is 33.8. The van der Waals surface area contributed by atoms with Gasteiger partial charge in [0.15, 0.2) is 0 Å². The molecule has 0 aliphatic carbocycles. The molecule has 0 heterocycles. The maximum Gasteiger partial charge on any atom is 0.140 e. The van der Waals surface area contributed by atoms with Crippen LogP contribution in [0.2, 0.25) is 0 Å². The summed E-state index contributed by atoms with van der Waals surface area (Å²) in [4.78, 5) is 0. The van der Waals surface area contributed by atoms with Crippen molar-refractivity contribution in [2.75, 3.05) is 12.7 Å². The first-order valence-corrected chi connectivity index (χ1v) is 19.6. The summed E-state index contributed by atoms with van der Waals surface area (Å²) in [5, 5.41) is 0. The van der Waals surface area contributed by atoms with Gasteiger partial charge in [-0.3, -0.25) is 0 Å². The minimum absolute atomic E-state index is 0.0254. The van der Waals surface area contributed by atoms with Crippen LogP contribution in [0.15, 0.2) is 84.9 Å². The topological polar surface area (TPSA) is 36.9 Å². The molecule has 4 aromatic rings. The highest BCUT2D eigenvalue weighted by atomic mass is 31.1. The largest absolute Gasteiger partial charge is 0.486 e. The summed E-state index contributed by atoms with van der Waals surface area (Å²) >= 11 is 0. The number of para-hydroxylation sites is 2. The molecular weight excluding hydrogens is 642 g/mol. The summed E-state index contributed by atoms with van der Waals surface area (Å²) in [7, 11) is 0.327. The van der Waals surface area contributed by atoms with Crippen molar-refractivity contribution in [1.82, 2.24) is 0 Å². The van der Waals surface area contributed by atoms with E-state index in [1.807, 2.05) is 24.3 Å². The molecule has 0 radical (unpaired) electrons. The number of benzene rings is 4. The van der Waals surface area contributed by atoms with E-state index in [0.29, 0.717) is 19.1 Å². The highest BCUT2D eigenvalue weighted by molar-refractivity contribution is 7.32. The van der Waals surface area contributed by atoms with Crippen molar-refractivity contribution in [1.29, 1.82) is 0 Å². The van der Waals surface area contributed by atoms with Gasteiger partial charge in [-0.05, 0) is 79.3 Å². The minimum atomic E-state index is -0.0254. The van der Waals surface area contributed by atoms with E-state index in [9.17, 15) is 0 Å². The Labute approximate surface area is 300 Å². The molecule has 2 atom stereocenters. The molecule has 0 saturated heterocycles. The van der Waals surface area contributed by atoms with Crippen molar-refractivity contribution < 1.29 is 18.5 Å². The molecule has 0 fully saturated rings. The molecule has 264 valence electrons. The fourth-order valence-corrected chi connectivity index (χ4v) is 6.81. The third kappa shape index (κ3) is 11.0. The van der Waals surface area contributed by atoms with Gasteiger partial charge in [0.25, 0.3) is 0 Å². The fraction of sp³-hybridized carbons (Fsp3) is 0.442. The van der Waals surface area contributed by atoms with E-state index in [1.54, 1.807) is 0 Å². The third-order valence-corrected chi connectivity index (χ3v) is 9.82. The van der Waals surface area contributed by atoms with E-state index in [1.165, 1.54) is 22.3 Å². The van der Waals surface area contributed by atoms with Crippen molar-refractivity contribution in [3.63, 3.8) is 0 Å². The molecule has 0 bridgehead atoms. The third-order valence-electron chi connectivity index (χ3n) is 8.57. The van der Waals surface area contributed by atoms with Gasteiger partial charge in [-0.25, -0.2) is 0 Å². The molecule has 4 nitrogen and oxygen atoms in total. The van der Waals surface area contributed by atoms with Gasteiger partial charge in [-0.1, -0.05) is 144 Å². The summed E-state index contributed by atoms with van der Waals surface area (Å²) in [6.45, 7) is 26.9. The molecule has 0 spiro atoms. The smallest absolute Gasteiger partial charge is 0.140 e. The Kier molecular flexibility index (Phi) is 12.5. The van der Waals surface area contributed by atoms with Crippen molar-refractivity contribution in [2.24, 2.45) is 0 Å². The number of hydrogen-bond donors (Lipinski definition) is 0. The van der Waals surface area contributed by atoms with Gasteiger partial charge in [-0.15, -0.1) is 0 Å². The van der Waals surface area contributed by atoms with E-state index in [4.69, 9.17) is 18.5 Å². The van der Waals surface area contributed by atoms with Crippen molar-refractivity contribution in [2.45, 2.75) is 111 Å². The van der Waals surface area contributed by atoms with Crippen LogP contribution in [0.1, 0.15) is 116 Å². The summed E-state index contributed by atoms with van der Waals surface area (Å²) < 4.78 is 25.3. The first-order chi connectivity index (χ1) is 22.8. The Morgan fingerprint density at radius 1 is 0.429 bits per heavy atom. The molecular formula is C43H58O4P2. The van der Waals surface area contributed by atoms with Crippen LogP contribution >= 0.6 is 17.6 Å². The predicted molar refractivity (Wildman–Crippen MR) is 212 cm³/mol. The molecule has 0 aromatic heterocycles. The molecule has 4 rings (SSSR count). The molecule has 2 unspecified atom stereocenters. The molecule has 4 aromatic carbocycles.